The summed E-state index contributed by atoms with van der Waals surface area (Å²) >= 11 is 0. The number of aryl methyl sites for hydroxylation is 2. The quantitative estimate of drug-likeness (QED) is 0.871. The molecule has 0 unspecified atom stereocenters. The number of hydrogen-bond acceptors (Lipinski definition) is 2. The summed E-state index contributed by atoms with van der Waals surface area (Å²) in [5.74, 6) is 0. The number of rotatable bonds is 5. The average molecular weight is 254 g/mol. The molecule has 0 amide bonds. The molecule has 0 aliphatic heterocycles. The Morgan fingerprint density at radius 2 is 1.63 bits per heavy atom. The van der Waals surface area contributed by atoms with Crippen molar-refractivity contribution in [1.82, 2.24) is 0 Å². The van der Waals surface area contributed by atoms with Gasteiger partial charge in [-0.3, -0.25) is 0 Å². The number of nitrogens with one attached hydrogen (secondary N) is 1. The molecule has 0 atom stereocenters. The minimum atomic E-state index is 0.938. The molecule has 0 heterocycles. The van der Waals surface area contributed by atoms with Crippen molar-refractivity contribution in [3.05, 3.63) is 59.7 Å². The Kier molecular flexibility index (Phi) is 4.45. The van der Waals surface area contributed by atoms with Gasteiger partial charge in [0.1, 0.15) is 0 Å². The molecule has 2 heteroatoms. The lowest BCUT2D eigenvalue weighted by Crippen LogP contribution is -2.24. The Balaban J connectivity index is 1.85. The monoisotopic (exact) mass is 254 g/mol. The van der Waals surface area contributed by atoms with E-state index in [9.17, 15) is 0 Å². The van der Waals surface area contributed by atoms with Crippen LogP contribution in [0.4, 0.5) is 11.4 Å². The normalized spacial score (nSPS) is 10.3. The van der Waals surface area contributed by atoms with Crippen molar-refractivity contribution < 1.29 is 0 Å². The van der Waals surface area contributed by atoms with E-state index in [-0.39, 0.29) is 0 Å². The molecule has 0 bridgehead atoms. The molecule has 2 nitrogen and oxygen atoms in total. The summed E-state index contributed by atoms with van der Waals surface area (Å²) in [7, 11) is 2.13. The second kappa shape index (κ2) is 6.28. The lowest BCUT2D eigenvalue weighted by Gasteiger charge is -2.20. The number of anilines is 2. The summed E-state index contributed by atoms with van der Waals surface area (Å²) < 4.78 is 0. The van der Waals surface area contributed by atoms with Gasteiger partial charge in [0.25, 0.3) is 0 Å². The fourth-order valence-corrected chi connectivity index (χ4v) is 2.12. The number of hydrogen-bond donors (Lipinski definition) is 1. The van der Waals surface area contributed by atoms with E-state index in [1.165, 1.54) is 22.5 Å². The van der Waals surface area contributed by atoms with Crippen LogP contribution in [0, 0.1) is 13.8 Å². The molecule has 0 aromatic heterocycles. The molecule has 2 aromatic carbocycles. The van der Waals surface area contributed by atoms with Crippen LogP contribution in [0.2, 0.25) is 0 Å². The molecule has 0 radical (unpaired) electrons. The Morgan fingerprint density at radius 1 is 0.947 bits per heavy atom. The van der Waals surface area contributed by atoms with Crippen LogP contribution in [0.5, 0.6) is 0 Å². The molecule has 100 valence electrons. The molecule has 19 heavy (non-hydrogen) atoms. The average Bonchev–Trinajstić information content (AvgIpc) is 2.38. The van der Waals surface area contributed by atoms with Crippen LogP contribution in [0.25, 0.3) is 0 Å². The SMILES string of the molecule is Cc1cccc(NCCN(C)c2cccc(C)c2)c1. The van der Waals surface area contributed by atoms with Crippen LogP contribution in [-0.4, -0.2) is 20.1 Å². The van der Waals surface area contributed by atoms with Crippen molar-refractivity contribution in [1.29, 1.82) is 0 Å². The highest BCUT2D eigenvalue weighted by Crippen LogP contribution is 2.14. The van der Waals surface area contributed by atoms with Gasteiger partial charge in [-0.05, 0) is 49.2 Å². The second-order valence-corrected chi connectivity index (χ2v) is 5.06. The molecule has 2 rings (SSSR count). The maximum atomic E-state index is 3.46. The van der Waals surface area contributed by atoms with Gasteiger partial charge in [0, 0.05) is 31.5 Å². The molecule has 0 aliphatic carbocycles. The van der Waals surface area contributed by atoms with Crippen molar-refractivity contribution in [2.24, 2.45) is 0 Å². The minimum absolute atomic E-state index is 0.938. The van der Waals surface area contributed by atoms with E-state index in [0.717, 1.165) is 13.1 Å². The molecule has 0 spiro atoms. The van der Waals surface area contributed by atoms with Crippen molar-refractivity contribution >= 4 is 11.4 Å². The highest BCUT2D eigenvalue weighted by molar-refractivity contribution is 5.49. The third-order valence-electron chi connectivity index (χ3n) is 3.24. The van der Waals surface area contributed by atoms with Crippen LogP contribution in [0.1, 0.15) is 11.1 Å². The molecule has 2 aromatic rings. The van der Waals surface area contributed by atoms with Gasteiger partial charge >= 0.3 is 0 Å². The van der Waals surface area contributed by atoms with Gasteiger partial charge < -0.3 is 10.2 Å². The van der Waals surface area contributed by atoms with E-state index in [1.807, 2.05) is 0 Å². The van der Waals surface area contributed by atoms with E-state index >= 15 is 0 Å². The van der Waals surface area contributed by atoms with Crippen LogP contribution < -0.4 is 10.2 Å². The van der Waals surface area contributed by atoms with Gasteiger partial charge in [-0.25, -0.2) is 0 Å². The van der Waals surface area contributed by atoms with Gasteiger partial charge in [0.05, 0.1) is 0 Å². The smallest absolute Gasteiger partial charge is 0.0366 e. The molecular weight excluding hydrogens is 232 g/mol. The molecular formula is C17H22N2. The number of likely N-dealkylation sites (N-methyl/N-ethyl adjacent to an activating group) is 1. The largest absolute Gasteiger partial charge is 0.383 e. The van der Waals surface area contributed by atoms with E-state index in [1.54, 1.807) is 0 Å². The van der Waals surface area contributed by atoms with Gasteiger partial charge in [-0.2, -0.15) is 0 Å². The minimum Gasteiger partial charge on any atom is -0.383 e. The van der Waals surface area contributed by atoms with Crippen LogP contribution >= 0.6 is 0 Å². The topological polar surface area (TPSA) is 15.3 Å². The van der Waals surface area contributed by atoms with E-state index in [2.05, 4.69) is 79.6 Å². The van der Waals surface area contributed by atoms with Crippen LogP contribution in [0.3, 0.4) is 0 Å². The molecule has 0 aliphatic rings. The zero-order valence-electron chi connectivity index (χ0n) is 12.0. The molecule has 1 N–H and O–H groups in total. The third kappa shape index (κ3) is 4.02. The predicted octanol–water partition coefficient (Wildman–Crippen LogP) is 3.85. The fourth-order valence-electron chi connectivity index (χ4n) is 2.12. The first-order chi connectivity index (χ1) is 9.15. The summed E-state index contributed by atoms with van der Waals surface area (Å²) in [5, 5.41) is 3.46. The standard InChI is InChI=1S/C17H22N2/c1-14-6-4-8-16(12-14)18-10-11-19(3)17-9-5-7-15(2)13-17/h4-9,12-13,18H,10-11H2,1-3H3. The fraction of sp³-hybridized carbons (Fsp3) is 0.294. The van der Waals surface area contributed by atoms with Gasteiger partial charge in [0.15, 0.2) is 0 Å². The molecule has 0 saturated heterocycles. The van der Waals surface area contributed by atoms with Crippen molar-refractivity contribution in [3.63, 3.8) is 0 Å². The molecule has 0 saturated carbocycles. The number of nitrogens with zero attached hydrogens (tertiary/aromatic N) is 1. The Bertz CT molecular complexity index is 534. The van der Waals surface area contributed by atoms with Crippen LogP contribution in [-0.2, 0) is 0 Å². The molecule has 0 fully saturated rings. The summed E-state index contributed by atoms with van der Waals surface area (Å²) in [6, 6.07) is 17.1. The summed E-state index contributed by atoms with van der Waals surface area (Å²) in [6.45, 7) is 6.16. The Morgan fingerprint density at radius 3 is 2.32 bits per heavy atom. The van der Waals surface area contributed by atoms with Crippen molar-refractivity contribution in [2.45, 2.75) is 13.8 Å². The Hall–Kier alpha value is -1.96. The Labute approximate surface area is 116 Å². The lowest BCUT2D eigenvalue weighted by atomic mass is 10.2. The zero-order chi connectivity index (χ0) is 13.7. The van der Waals surface area contributed by atoms with Gasteiger partial charge in [-0.15, -0.1) is 0 Å². The summed E-state index contributed by atoms with van der Waals surface area (Å²) in [5.41, 5.74) is 5.05. The summed E-state index contributed by atoms with van der Waals surface area (Å²) in [6.07, 6.45) is 0. The van der Waals surface area contributed by atoms with E-state index in [0.29, 0.717) is 0 Å². The van der Waals surface area contributed by atoms with Crippen LogP contribution in [0.15, 0.2) is 48.5 Å². The first-order valence-corrected chi connectivity index (χ1v) is 6.73. The van der Waals surface area contributed by atoms with Crippen molar-refractivity contribution in [3.8, 4) is 0 Å². The van der Waals surface area contributed by atoms with E-state index in [4.69, 9.17) is 0 Å². The van der Waals surface area contributed by atoms with Gasteiger partial charge in [-0.1, -0.05) is 24.3 Å². The van der Waals surface area contributed by atoms with E-state index < -0.39 is 0 Å². The highest BCUT2D eigenvalue weighted by Gasteiger charge is 2.00. The summed E-state index contributed by atoms with van der Waals surface area (Å²) in [4.78, 5) is 2.27. The van der Waals surface area contributed by atoms with Crippen molar-refractivity contribution in [2.75, 3.05) is 30.4 Å². The lowest BCUT2D eigenvalue weighted by molar-refractivity contribution is 0.914. The van der Waals surface area contributed by atoms with Gasteiger partial charge in [0.2, 0.25) is 0 Å². The maximum Gasteiger partial charge on any atom is 0.0366 e. The first kappa shape index (κ1) is 13.5. The maximum absolute atomic E-state index is 3.46. The second-order valence-electron chi connectivity index (χ2n) is 5.06. The predicted molar refractivity (Wildman–Crippen MR) is 84.1 cm³/mol. The first-order valence-electron chi connectivity index (χ1n) is 6.73. The highest BCUT2D eigenvalue weighted by atomic mass is 15.1. The zero-order valence-corrected chi connectivity index (χ0v) is 12.0. The third-order valence-corrected chi connectivity index (χ3v) is 3.24. The number of benzene rings is 2.